The molecule has 0 saturated carbocycles. The van der Waals surface area contributed by atoms with E-state index in [1.54, 1.807) is 23.1 Å². The van der Waals surface area contributed by atoms with Gasteiger partial charge >= 0.3 is 6.03 Å². The number of urea groups is 1. The average molecular weight is 436 g/mol. The molecule has 1 unspecified atom stereocenters. The summed E-state index contributed by atoms with van der Waals surface area (Å²) in [4.78, 5) is 14.9. The van der Waals surface area contributed by atoms with Crippen molar-refractivity contribution in [1.82, 2.24) is 4.31 Å². The van der Waals surface area contributed by atoms with Crippen LogP contribution in [0.5, 0.6) is 0 Å². The Labute approximate surface area is 183 Å². The fourth-order valence-corrected chi connectivity index (χ4v) is 4.80. The molecule has 2 amide bonds. The number of benzene rings is 3. The normalized spacial score (nSPS) is 15.7. The lowest BCUT2D eigenvalue weighted by Gasteiger charge is -2.23. The Bertz CT molecular complexity index is 1210. The fraction of sp³-hybridized carbons (Fsp3) is 0.208. The van der Waals surface area contributed by atoms with E-state index in [-0.39, 0.29) is 17.0 Å². The Morgan fingerprint density at radius 3 is 2.26 bits per heavy atom. The van der Waals surface area contributed by atoms with Gasteiger partial charge in [-0.1, -0.05) is 42.5 Å². The summed E-state index contributed by atoms with van der Waals surface area (Å²) in [5.74, 6) is 0. The fourth-order valence-electron chi connectivity index (χ4n) is 3.85. The maximum absolute atomic E-state index is 13.0. The largest absolute Gasteiger partial charge is 0.326 e. The molecule has 31 heavy (non-hydrogen) atoms. The van der Waals surface area contributed by atoms with E-state index in [0.717, 1.165) is 22.4 Å². The molecular weight excluding hydrogens is 410 g/mol. The van der Waals surface area contributed by atoms with Gasteiger partial charge in [0.15, 0.2) is 0 Å². The number of carbonyl (C=O) groups is 1. The van der Waals surface area contributed by atoms with E-state index in [4.69, 9.17) is 0 Å². The lowest BCUT2D eigenvalue weighted by Crippen LogP contribution is -2.39. The number of nitrogens with zero attached hydrogens (tertiary/aromatic N) is 2. The maximum atomic E-state index is 13.0. The van der Waals surface area contributed by atoms with Crippen LogP contribution in [-0.2, 0) is 16.4 Å². The minimum atomic E-state index is -3.51. The van der Waals surface area contributed by atoms with Gasteiger partial charge in [0.1, 0.15) is 0 Å². The third-order valence-corrected chi connectivity index (χ3v) is 7.32. The molecule has 0 radical (unpaired) electrons. The van der Waals surface area contributed by atoms with Gasteiger partial charge in [-0.3, -0.25) is 4.90 Å². The Kier molecular flexibility index (Phi) is 5.56. The number of hydrogen-bond acceptors (Lipinski definition) is 3. The van der Waals surface area contributed by atoms with Crippen LogP contribution in [0.2, 0.25) is 0 Å². The summed E-state index contributed by atoms with van der Waals surface area (Å²) in [7, 11) is -0.499. The van der Waals surface area contributed by atoms with E-state index in [0.29, 0.717) is 12.1 Å². The predicted octanol–water partition coefficient (Wildman–Crippen LogP) is 4.59. The van der Waals surface area contributed by atoms with Gasteiger partial charge in [0.25, 0.3) is 0 Å². The van der Waals surface area contributed by atoms with E-state index in [9.17, 15) is 13.2 Å². The summed E-state index contributed by atoms with van der Waals surface area (Å²) >= 11 is 0. The van der Waals surface area contributed by atoms with E-state index < -0.39 is 10.0 Å². The highest BCUT2D eigenvalue weighted by Gasteiger charge is 2.32. The summed E-state index contributed by atoms with van der Waals surface area (Å²) in [6.07, 6.45) is 0.604. The predicted molar refractivity (Wildman–Crippen MR) is 124 cm³/mol. The molecule has 1 aliphatic heterocycles. The van der Waals surface area contributed by atoms with Gasteiger partial charge in [-0.05, 0) is 60.4 Å². The van der Waals surface area contributed by atoms with Gasteiger partial charge in [-0.25, -0.2) is 17.5 Å². The van der Waals surface area contributed by atoms with Crippen molar-refractivity contribution in [3.63, 3.8) is 0 Å². The van der Waals surface area contributed by atoms with E-state index in [2.05, 4.69) is 5.32 Å². The molecule has 4 rings (SSSR count). The van der Waals surface area contributed by atoms with Crippen LogP contribution < -0.4 is 10.2 Å². The van der Waals surface area contributed by atoms with Gasteiger partial charge < -0.3 is 5.32 Å². The molecule has 3 aromatic rings. The Morgan fingerprint density at radius 2 is 1.61 bits per heavy atom. The van der Waals surface area contributed by atoms with Gasteiger partial charge in [-0.15, -0.1) is 0 Å². The van der Waals surface area contributed by atoms with Crippen molar-refractivity contribution >= 4 is 27.4 Å². The highest BCUT2D eigenvalue weighted by molar-refractivity contribution is 7.89. The number of fused-ring (bicyclic) bond motifs is 1. The molecule has 3 aromatic carbocycles. The summed E-state index contributed by atoms with van der Waals surface area (Å²) < 4.78 is 26.1. The second-order valence-electron chi connectivity index (χ2n) is 7.87. The number of hydrogen-bond donors (Lipinski definition) is 1. The Hall–Kier alpha value is -3.16. The molecule has 1 heterocycles. The van der Waals surface area contributed by atoms with Crippen molar-refractivity contribution in [2.24, 2.45) is 0 Å². The molecule has 1 aliphatic rings. The van der Waals surface area contributed by atoms with Crippen molar-refractivity contribution in [3.8, 4) is 11.1 Å². The molecule has 7 heteroatoms. The lowest BCUT2D eigenvalue weighted by molar-refractivity contribution is 0.256. The Morgan fingerprint density at radius 1 is 0.968 bits per heavy atom. The minimum Gasteiger partial charge on any atom is -0.308 e. The SMILES string of the molecule is CC1Cc2cc(S(=O)(=O)N(C)C)ccc2N1C(=O)Nc1ccc(-c2ccccc2)cc1. The smallest absolute Gasteiger partial charge is 0.308 e. The molecule has 0 aliphatic carbocycles. The molecule has 1 N–H and O–H groups in total. The van der Waals surface area contributed by atoms with Crippen LogP contribution in [0.15, 0.2) is 77.7 Å². The van der Waals surface area contributed by atoms with Gasteiger partial charge in [-0.2, -0.15) is 0 Å². The molecule has 1 atom stereocenters. The van der Waals surface area contributed by atoms with Crippen LogP contribution in [0.25, 0.3) is 11.1 Å². The molecule has 0 saturated heterocycles. The monoisotopic (exact) mass is 435 g/mol. The number of rotatable bonds is 4. The third-order valence-electron chi connectivity index (χ3n) is 5.51. The van der Waals surface area contributed by atoms with Crippen LogP contribution >= 0.6 is 0 Å². The van der Waals surface area contributed by atoms with E-state index >= 15 is 0 Å². The third kappa shape index (κ3) is 4.06. The molecule has 0 aromatic heterocycles. The van der Waals surface area contributed by atoms with Gasteiger partial charge in [0.2, 0.25) is 10.0 Å². The first kappa shape index (κ1) is 21.1. The maximum Gasteiger partial charge on any atom is 0.326 e. The number of amides is 2. The van der Waals surface area contributed by atoms with Crippen LogP contribution in [-0.4, -0.2) is 38.9 Å². The quantitative estimate of drug-likeness (QED) is 0.652. The van der Waals surface area contributed by atoms with Crippen LogP contribution in [0.3, 0.4) is 0 Å². The van der Waals surface area contributed by atoms with Gasteiger partial charge in [0, 0.05) is 31.5 Å². The molecule has 0 fully saturated rings. The zero-order valence-corrected chi connectivity index (χ0v) is 18.6. The highest BCUT2D eigenvalue weighted by Crippen LogP contribution is 2.35. The first-order chi connectivity index (χ1) is 14.8. The molecule has 0 bridgehead atoms. The van der Waals surface area contributed by atoms with E-state index in [1.807, 2.05) is 61.5 Å². The minimum absolute atomic E-state index is 0.0732. The summed E-state index contributed by atoms with van der Waals surface area (Å²) in [5, 5.41) is 2.96. The zero-order chi connectivity index (χ0) is 22.2. The number of carbonyl (C=O) groups excluding carboxylic acids is 1. The topological polar surface area (TPSA) is 69.7 Å². The summed E-state index contributed by atoms with van der Waals surface area (Å²) in [6.45, 7) is 1.96. The second kappa shape index (κ2) is 8.17. The molecular formula is C24H25N3O3S. The van der Waals surface area contributed by atoms with Crippen LogP contribution in [0.1, 0.15) is 12.5 Å². The highest BCUT2D eigenvalue weighted by atomic mass is 32.2. The zero-order valence-electron chi connectivity index (χ0n) is 17.7. The average Bonchev–Trinajstić information content (AvgIpc) is 3.09. The second-order valence-corrected chi connectivity index (χ2v) is 10.0. The first-order valence-corrected chi connectivity index (χ1v) is 11.5. The van der Waals surface area contributed by atoms with Crippen molar-refractivity contribution in [3.05, 3.63) is 78.4 Å². The van der Waals surface area contributed by atoms with Crippen LogP contribution in [0.4, 0.5) is 16.2 Å². The van der Waals surface area contributed by atoms with Crippen LogP contribution in [0, 0.1) is 0 Å². The molecule has 6 nitrogen and oxygen atoms in total. The van der Waals surface area contributed by atoms with Gasteiger partial charge in [0.05, 0.1) is 4.90 Å². The van der Waals surface area contributed by atoms with Crippen molar-refractivity contribution in [2.75, 3.05) is 24.3 Å². The van der Waals surface area contributed by atoms with Crippen molar-refractivity contribution in [1.29, 1.82) is 0 Å². The number of sulfonamides is 1. The van der Waals surface area contributed by atoms with E-state index in [1.165, 1.54) is 18.4 Å². The number of nitrogens with one attached hydrogen (secondary N) is 1. The summed E-state index contributed by atoms with van der Waals surface area (Å²) in [6, 6.07) is 22.4. The Balaban J connectivity index is 1.54. The van der Waals surface area contributed by atoms with Crippen molar-refractivity contribution < 1.29 is 13.2 Å². The van der Waals surface area contributed by atoms with Crippen molar-refractivity contribution in [2.45, 2.75) is 24.3 Å². The lowest BCUT2D eigenvalue weighted by atomic mass is 10.1. The number of anilines is 2. The first-order valence-electron chi connectivity index (χ1n) is 10.1. The summed E-state index contributed by atoms with van der Waals surface area (Å²) in [5.41, 5.74) is 4.49. The molecule has 0 spiro atoms. The standard InChI is InChI=1S/C24H25N3O3S/c1-17-15-20-16-22(31(29,30)26(2)3)13-14-23(20)27(17)24(28)25-21-11-9-19(10-12-21)18-7-5-4-6-8-18/h4-14,16-17H,15H2,1-3H3,(H,25,28). The molecule has 160 valence electrons.